The zero-order valence-electron chi connectivity index (χ0n) is 11.2. The fourth-order valence-corrected chi connectivity index (χ4v) is 2.38. The summed E-state index contributed by atoms with van der Waals surface area (Å²) in [5, 5.41) is 3.23. The van der Waals surface area contributed by atoms with Gasteiger partial charge in [0, 0.05) is 30.5 Å². The molecule has 1 saturated heterocycles. The van der Waals surface area contributed by atoms with Crippen LogP contribution in [-0.2, 0) is 0 Å². The Bertz CT molecular complexity index is 562. The van der Waals surface area contributed by atoms with Crippen LogP contribution in [0.4, 0.5) is 23.0 Å². The van der Waals surface area contributed by atoms with Crippen LogP contribution in [0.1, 0.15) is 12.8 Å². The molecule has 3 rings (SSSR count). The van der Waals surface area contributed by atoms with E-state index >= 15 is 0 Å². The third kappa shape index (κ3) is 2.80. The van der Waals surface area contributed by atoms with Crippen molar-refractivity contribution >= 4 is 23.0 Å². The van der Waals surface area contributed by atoms with Crippen molar-refractivity contribution in [2.75, 3.05) is 28.7 Å². The fraction of sp³-hybridized carbons (Fsp3) is 0.286. The number of aromatic nitrogens is 2. The van der Waals surface area contributed by atoms with Gasteiger partial charge < -0.3 is 15.6 Å². The summed E-state index contributed by atoms with van der Waals surface area (Å²) in [7, 11) is 0. The summed E-state index contributed by atoms with van der Waals surface area (Å²) >= 11 is 0. The van der Waals surface area contributed by atoms with Gasteiger partial charge in [-0.25, -0.2) is 15.8 Å². The van der Waals surface area contributed by atoms with E-state index in [9.17, 15) is 0 Å². The van der Waals surface area contributed by atoms with E-state index in [4.69, 9.17) is 5.84 Å². The number of hydrazine groups is 1. The van der Waals surface area contributed by atoms with E-state index in [0.29, 0.717) is 11.6 Å². The lowest BCUT2D eigenvalue weighted by molar-refractivity contribution is 0.949. The van der Waals surface area contributed by atoms with E-state index in [1.807, 2.05) is 0 Å². The zero-order valence-corrected chi connectivity index (χ0v) is 11.2. The van der Waals surface area contributed by atoms with Crippen molar-refractivity contribution in [3.8, 4) is 0 Å². The lowest BCUT2D eigenvalue weighted by Crippen LogP contribution is -2.17. The van der Waals surface area contributed by atoms with Crippen molar-refractivity contribution in [2.45, 2.75) is 12.8 Å². The number of benzene rings is 1. The maximum Gasteiger partial charge on any atom is 0.145 e. The minimum absolute atomic E-state index is 0.580. The number of anilines is 4. The molecule has 0 spiro atoms. The van der Waals surface area contributed by atoms with E-state index < -0.39 is 0 Å². The molecule has 0 bridgehead atoms. The van der Waals surface area contributed by atoms with Crippen LogP contribution < -0.4 is 21.5 Å². The summed E-state index contributed by atoms with van der Waals surface area (Å²) in [5.41, 5.74) is 4.77. The number of nitrogens with one attached hydrogen (secondary N) is 2. The predicted molar refractivity (Wildman–Crippen MR) is 81.0 cm³/mol. The Balaban J connectivity index is 1.71. The monoisotopic (exact) mass is 270 g/mol. The first-order valence-corrected chi connectivity index (χ1v) is 6.76. The third-order valence-electron chi connectivity index (χ3n) is 3.43. The molecule has 20 heavy (non-hydrogen) atoms. The average molecular weight is 270 g/mol. The molecule has 2 aromatic rings. The molecule has 0 unspecified atom stereocenters. The van der Waals surface area contributed by atoms with Crippen LogP contribution >= 0.6 is 0 Å². The van der Waals surface area contributed by atoms with Gasteiger partial charge in [0.1, 0.15) is 18.0 Å². The van der Waals surface area contributed by atoms with Gasteiger partial charge >= 0.3 is 0 Å². The molecule has 0 aliphatic carbocycles. The van der Waals surface area contributed by atoms with Gasteiger partial charge in [-0.2, -0.15) is 0 Å². The van der Waals surface area contributed by atoms with Crippen LogP contribution in [-0.4, -0.2) is 23.1 Å². The highest BCUT2D eigenvalue weighted by Crippen LogP contribution is 2.23. The van der Waals surface area contributed by atoms with Crippen LogP contribution in [0.5, 0.6) is 0 Å². The minimum atomic E-state index is 0.580. The lowest BCUT2D eigenvalue weighted by atomic mass is 10.2. The van der Waals surface area contributed by atoms with Crippen molar-refractivity contribution in [1.82, 2.24) is 9.97 Å². The van der Waals surface area contributed by atoms with E-state index in [2.05, 4.69) is 49.9 Å². The molecule has 0 amide bonds. The molecule has 1 aromatic carbocycles. The predicted octanol–water partition coefficient (Wildman–Crippen LogP) is 2.11. The van der Waals surface area contributed by atoms with Crippen molar-refractivity contribution in [1.29, 1.82) is 0 Å². The van der Waals surface area contributed by atoms with Crippen molar-refractivity contribution in [3.63, 3.8) is 0 Å². The van der Waals surface area contributed by atoms with E-state index in [-0.39, 0.29) is 0 Å². The first-order valence-electron chi connectivity index (χ1n) is 6.76. The standard InChI is InChI=1S/C14H18N6/c15-19-14-9-13(16-10-17-14)18-11-3-5-12(6-4-11)20-7-1-2-8-20/h3-6,9-10H,1-2,7-8,15H2,(H2,16,17,18,19). The van der Waals surface area contributed by atoms with Crippen LogP contribution in [0.25, 0.3) is 0 Å². The molecule has 0 saturated carbocycles. The number of nitrogens with zero attached hydrogens (tertiary/aromatic N) is 3. The summed E-state index contributed by atoms with van der Waals surface area (Å²) in [4.78, 5) is 10.5. The summed E-state index contributed by atoms with van der Waals surface area (Å²) in [6, 6.07) is 10.2. The topological polar surface area (TPSA) is 79.1 Å². The number of nitrogen functional groups attached to an aromatic ring is 1. The summed E-state index contributed by atoms with van der Waals surface area (Å²) in [6.45, 7) is 2.31. The SMILES string of the molecule is NNc1cc(Nc2ccc(N3CCCC3)cc2)ncn1. The van der Waals surface area contributed by atoms with E-state index in [1.54, 1.807) is 6.07 Å². The van der Waals surface area contributed by atoms with Gasteiger partial charge in [0.2, 0.25) is 0 Å². The van der Waals surface area contributed by atoms with E-state index in [0.717, 1.165) is 18.8 Å². The Labute approximate surface area is 118 Å². The van der Waals surface area contributed by atoms with Gasteiger partial charge in [-0.3, -0.25) is 0 Å². The summed E-state index contributed by atoms with van der Waals surface area (Å²) in [6.07, 6.45) is 4.04. The van der Waals surface area contributed by atoms with Gasteiger partial charge in [0.05, 0.1) is 0 Å². The maximum atomic E-state index is 5.33. The number of rotatable bonds is 4. The van der Waals surface area contributed by atoms with Crippen molar-refractivity contribution < 1.29 is 0 Å². The molecule has 104 valence electrons. The van der Waals surface area contributed by atoms with Gasteiger partial charge in [0.25, 0.3) is 0 Å². The van der Waals surface area contributed by atoms with Gasteiger partial charge in [-0.15, -0.1) is 0 Å². The molecular weight excluding hydrogens is 252 g/mol. The largest absolute Gasteiger partial charge is 0.372 e. The maximum absolute atomic E-state index is 5.33. The molecule has 0 atom stereocenters. The first kappa shape index (κ1) is 12.7. The first-order chi connectivity index (χ1) is 9.85. The molecule has 1 aliphatic rings. The second-order valence-corrected chi connectivity index (χ2v) is 4.80. The third-order valence-corrected chi connectivity index (χ3v) is 3.43. The molecule has 4 N–H and O–H groups in total. The Morgan fingerprint density at radius 3 is 2.40 bits per heavy atom. The highest BCUT2D eigenvalue weighted by Gasteiger charge is 2.11. The molecule has 2 heterocycles. The Morgan fingerprint density at radius 2 is 1.70 bits per heavy atom. The molecule has 6 nitrogen and oxygen atoms in total. The molecule has 1 fully saturated rings. The highest BCUT2D eigenvalue weighted by atomic mass is 15.3. The molecular formula is C14H18N6. The number of nitrogens with two attached hydrogens (primary N) is 1. The Morgan fingerprint density at radius 1 is 1.00 bits per heavy atom. The minimum Gasteiger partial charge on any atom is -0.372 e. The molecule has 0 radical (unpaired) electrons. The van der Waals surface area contributed by atoms with Crippen LogP contribution in [0.3, 0.4) is 0 Å². The van der Waals surface area contributed by atoms with E-state index in [1.165, 1.54) is 24.9 Å². The number of hydrogen-bond donors (Lipinski definition) is 3. The highest BCUT2D eigenvalue weighted by molar-refractivity contribution is 5.62. The van der Waals surface area contributed by atoms with Gasteiger partial charge in [-0.05, 0) is 37.1 Å². The van der Waals surface area contributed by atoms with Crippen molar-refractivity contribution in [2.24, 2.45) is 5.84 Å². The molecule has 1 aliphatic heterocycles. The summed E-state index contributed by atoms with van der Waals surface area (Å²) in [5.74, 6) is 6.62. The quantitative estimate of drug-likeness (QED) is 0.583. The van der Waals surface area contributed by atoms with Crippen LogP contribution in [0.2, 0.25) is 0 Å². The molecule has 6 heteroatoms. The second kappa shape index (κ2) is 5.75. The summed E-state index contributed by atoms with van der Waals surface area (Å²) < 4.78 is 0. The molecule has 1 aromatic heterocycles. The normalized spacial score (nSPS) is 14.3. The Kier molecular flexibility index (Phi) is 3.64. The van der Waals surface area contributed by atoms with Gasteiger partial charge in [-0.1, -0.05) is 0 Å². The average Bonchev–Trinajstić information content (AvgIpc) is 3.02. The van der Waals surface area contributed by atoms with Crippen molar-refractivity contribution in [3.05, 3.63) is 36.7 Å². The van der Waals surface area contributed by atoms with Gasteiger partial charge in [0.15, 0.2) is 0 Å². The fourth-order valence-electron chi connectivity index (χ4n) is 2.38. The van der Waals surface area contributed by atoms with Crippen LogP contribution in [0.15, 0.2) is 36.7 Å². The smallest absolute Gasteiger partial charge is 0.145 e. The lowest BCUT2D eigenvalue weighted by Gasteiger charge is -2.17. The number of hydrogen-bond acceptors (Lipinski definition) is 6. The Hall–Kier alpha value is -2.34. The van der Waals surface area contributed by atoms with Crippen LogP contribution in [0, 0.1) is 0 Å². The second-order valence-electron chi connectivity index (χ2n) is 4.80. The zero-order chi connectivity index (χ0) is 13.8.